The van der Waals surface area contributed by atoms with Crippen LogP contribution in [0.3, 0.4) is 0 Å². The van der Waals surface area contributed by atoms with E-state index in [0.717, 1.165) is 6.07 Å². The molecule has 152 valence electrons. The molecule has 29 heavy (non-hydrogen) atoms. The molecule has 2 aromatic carbocycles. The SMILES string of the molecule is NC(=O)c1cccc(CNC(=O)C2=CCC(c3cc(F)c(F)cc3F)C(N)C2)c1. The molecule has 5 nitrogen and oxygen atoms in total. The maximum Gasteiger partial charge on any atom is 0.248 e. The largest absolute Gasteiger partial charge is 0.366 e. The van der Waals surface area contributed by atoms with Crippen LogP contribution in [0.5, 0.6) is 0 Å². The number of allylic oxidation sites excluding steroid dienone is 1. The fourth-order valence-corrected chi connectivity index (χ4v) is 3.42. The second-order valence-corrected chi connectivity index (χ2v) is 6.97. The highest BCUT2D eigenvalue weighted by molar-refractivity contribution is 5.94. The van der Waals surface area contributed by atoms with Gasteiger partial charge in [-0.25, -0.2) is 13.2 Å². The van der Waals surface area contributed by atoms with Gasteiger partial charge >= 0.3 is 0 Å². The first-order valence-corrected chi connectivity index (χ1v) is 9.02. The second-order valence-electron chi connectivity index (χ2n) is 6.97. The van der Waals surface area contributed by atoms with E-state index in [0.29, 0.717) is 22.8 Å². The van der Waals surface area contributed by atoms with Crippen molar-refractivity contribution in [3.8, 4) is 0 Å². The van der Waals surface area contributed by atoms with Crippen molar-refractivity contribution >= 4 is 11.8 Å². The van der Waals surface area contributed by atoms with Crippen LogP contribution in [0.2, 0.25) is 0 Å². The van der Waals surface area contributed by atoms with Crippen LogP contribution in [-0.4, -0.2) is 17.9 Å². The maximum absolute atomic E-state index is 14.0. The molecule has 0 fully saturated rings. The summed E-state index contributed by atoms with van der Waals surface area (Å²) in [4.78, 5) is 23.7. The standard InChI is InChI=1S/C21H20F3N3O2/c22-16-9-18(24)17(23)8-15(16)14-5-4-13(7-19(14)25)21(29)27-10-11-2-1-3-12(6-11)20(26)28/h1-4,6,8-9,14,19H,5,7,10,25H2,(H2,26,28)(H,27,29). The number of rotatable bonds is 5. The van der Waals surface area contributed by atoms with E-state index in [1.54, 1.807) is 30.3 Å². The van der Waals surface area contributed by atoms with Crippen LogP contribution < -0.4 is 16.8 Å². The van der Waals surface area contributed by atoms with Crippen molar-refractivity contribution in [1.82, 2.24) is 5.32 Å². The molecule has 0 aromatic heterocycles. The van der Waals surface area contributed by atoms with Crippen LogP contribution >= 0.6 is 0 Å². The molecule has 2 amide bonds. The lowest BCUT2D eigenvalue weighted by atomic mass is 9.80. The summed E-state index contributed by atoms with van der Waals surface area (Å²) in [5.41, 5.74) is 12.8. The van der Waals surface area contributed by atoms with Gasteiger partial charge in [0.15, 0.2) is 11.6 Å². The van der Waals surface area contributed by atoms with Gasteiger partial charge < -0.3 is 16.8 Å². The van der Waals surface area contributed by atoms with Crippen LogP contribution in [0.4, 0.5) is 13.2 Å². The van der Waals surface area contributed by atoms with Gasteiger partial charge in [-0.1, -0.05) is 18.2 Å². The molecule has 0 saturated heterocycles. The summed E-state index contributed by atoms with van der Waals surface area (Å²) >= 11 is 0. The Morgan fingerprint density at radius 1 is 1.07 bits per heavy atom. The Morgan fingerprint density at radius 3 is 2.48 bits per heavy atom. The minimum absolute atomic E-state index is 0.00428. The Labute approximate surface area is 165 Å². The molecule has 1 aliphatic carbocycles. The first-order valence-electron chi connectivity index (χ1n) is 9.02. The number of nitrogens with two attached hydrogens (primary N) is 2. The van der Waals surface area contributed by atoms with Gasteiger partial charge in [-0.3, -0.25) is 9.59 Å². The predicted molar refractivity (Wildman–Crippen MR) is 101 cm³/mol. The van der Waals surface area contributed by atoms with E-state index >= 15 is 0 Å². The average Bonchev–Trinajstić information content (AvgIpc) is 2.69. The van der Waals surface area contributed by atoms with E-state index in [2.05, 4.69) is 5.32 Å². The molecule has 5 N–H and O–H groups in total. The molecule has 0 heterocycles. The quantitative estimate of drug-likeness (QED) is 0.670. The van der Waals surface area contributed by atoms with Crippen molar-refractivity contribution in [1.29, 1.82) is 0 Å². The normalized spacial score (nSPS) is 18.8. The second kappa shape index (κ2) is 8.48. The van der Waals surface area contributed by atoms with E-state index in [9.17, 15) is 22.8 Å². The van der Waals surface area contributed by atoms with E-state index in [1.807, 2.05) is 0 Å². The van der Waals surface area contributed by atoms with E-state index in [-0.39, 0.29) is 30.9 Å². The maximum atomic E-state index is 14.0. The third-order valence-corrected chi connectivity index (χ3v) is 4.99. The number of amides is 2. The number of hydrogen-bond donors (Lipinski definition) is 3. The minimum Gasteiger partial charge on any atom is -0.366 e. The molecule has 0 aliphatic heterocycles. The van der Waals surface area contributed by atoms with Crippen LogP contribution in [0, 0.1) is 17.5 Å². The van der Waals surface area contributed by atoms with Gasteiger partial charge in [0.1, 0.15) is 5.82 Å². The third-order valence-electron chi connectivity index (χ3n) is 4.99. The van der Waals surface area contributed by atoms with E-state index in [4.69, 9.17) is 11.5 Å². The lowest BCUT2D eigenvalue weighted by Crippen LogP contribution is -2.36. The lowest BCUT2D eigenvalue weighted by Gasteiger charge is -2.29. The molecular weight excluding hydrogens is 383 g/mol. The molecular formula is C21H20F3N3O2. The summed E-state index contributed by atoms with van der Waals surface area (Å²) in [6.07, 6.45) is 2.02. The first-order chi connectivity index (χ1) is 13.8. The monoisotopic (exact) mass is 403 g/mol. The average molecular weight is 403 g/mol. The Bertz CT molecular complexity index is 991. The Morgan fingerprint density at radius 2 is 1.79 bits per heavy atom. The van der Waals surface area contributed by atoms with Crippen molar-refractivity contribution in [2.75, 3.05) is 0 Å². The molecule has 0 radical (unpaired) electrons. The first kappa shape index (κ1) is 20.6. The molecule has 1 aliphatic rings. The highest BCUT2D eigenvalue weighted by Crippen LogP contribution is 2.33. The molecule has 2 aromatic rings. The van der Waals surface area contributed by atoms with Gasteiger partial charge in [0, 0.05) is 35.7 Å². The molecule has 0 bridgehead atoms. The van der Waals surface area contributed by atoms with Crippen molar-refractivity contribution < 1.29 is 22.8 Å². The number of primary amides is 1. The summed E-state index contributed by atoms with van der Waals surface area (Å²) in [5, 5.41) is 2.74. The van der Waals surface area contributed by atoms with Gasteiger partial charge in [0.2, 0.25) is 11.8 Å². The highest BCUT2D eigenvalue weighted by atomic mass is 19.2. The zero-order valence-electron chi connectivity index (χ0n) is 15.4. The topological polar surface area (TPSA) is 98.2 Å². The summed E-state index contributed by atoms with van der Waals surface area (Å²) in [7, 11) is 0. The smallest absolute Gasteiger partial charge is 0.248 e. The molecule has 2 atom stereocenters. The van der Waals surface area contributed by atoms with Gasteiger partial charge in [-0.15, -0.1) is 0 Å². The Kier molecular flexibility index (Phi) is 6.03. The number of hydrogen-bond acceptors (Lipinski definition) is 3. The van der Waals surface area contributed by atoms with E-state index < -0.39 is 35.3 Å². The van der Waals surface area contributed by atoms with Crippen molar-refractivity contribution in [2.24, 2.45) is 11.5 Å². The molecule has 0 spiro atoms. The van der Waals surface area contributed by atoms with Gasteiger partial charge in [-0.2, -0.15) is 0 Å². The molecule has 0 saturated carbocycles. The fraction of sp³-hybridized carbons (Fsp3) is 0.238. The molecule has 3 rings (SSSR count). The molecule has 8 heteroatoms. The zero-order chi connectivity index (χ0) is 21.1. The van der Waals surface area contributed by atoms with Crippen molar-refractivity contribution in [2.45, 2.75) is 31.3 Å². The summed E-state index contributed by atoms with van der Waals surface area (Å²) < 4.78 is 40.7. The summed E-state index contributed by atoms with van der Waals surface area (Å²) in [5.74, 6) is -4.72. The number of carbonyl (C=O) groups excluding carboxylic acids is 2. The van der Waals surface area contributed by atoms with Gasteiger partial charge in [0.05, 0.1) is 0 Å². The zero-order valence-corrected chi connectivity index (χ0v) is 15.4. The Balaban J connectivity index is 1.67. The van der Waals surface area contributed by atoms with Crippen LogP contribution in [0.1, 0.15) is 40.2 Å². The fourth-order valence-electron chi connectivity index (χ4n) is 3.42. The van der Waals surface area contributed by atoms with Crippen LogP contribution in [0.15, 0.2) is 48.0 Å². The highest BCUT2D eigenvalue weighted by Gasteiger charge is 2.29. The van der Waals surface area contributed by atoms with Gasteiger partial charge in [0.25, 0.3) is 0 Å². The summed E-state index contributed by atoms with van der Waals surface area (Å²) in [6, 6.07) is 7.27. The van der Waals surface area contributed by atoms with Gasteiger partial charge in [-0.05, 0) is 42.2 Å². The molecule has 2 unspecified atom stereocenters. The lowest BCUT2D eigenvalue weighted by molar-refractivity contribution is -0.117. The van der Waals surface area contributed by atoms with Crippen molar-refractivity contribution in [3.05, 3.63) is 82.2 Å². The number of halogens is 3. The minimum atomic E-state index is -1.26. The predicted octanol–water partition coefficient (Wildman–Crippen LogP) is 2.65. The number of benzene rings is 2. The number of carbonyl (C=O) groups is 2. The van der Waals surface area contributed by atoms with Crippen LogP contribution in [0.25, 0.3) is 0 Å². The van der Waals surface area contributed by atoms with Crippen LogP contribution in [-0.2, 0) is 11.3 Å². The summed E-state index contributed by atoms with van der Waals surface area (Å²) in [6.45, 7) is 0.188. The van der Waals surface area contributed by atoms with E-state index in [1.165, 1.54) is 0 Å². The third kappa shape index (κ3) is 4.65. The van der Waals surface area contributed by atoms with Crippen molar-refractivity contribution in [3.63, 3.8) is 0 Å². The Hall–Kier alpha value is -3.13. The number of nitrogens with one attached hydrogen (secondary N) is 1.